The summed E-state index contributed by atoms with van der Waals surface area (Å²) >= 11 is 0. The minimum absolute atomic E-state index is 0.452. The van der Waals surface area contributed by atoms with Crippen LogP contribution in [-0.4, -0.2) is 22.2 Å². The molecule has 0 fully saturated rings. The first kappa shape index (κ1) is 20.7. The zero-order chi connectivity index (χ0) is 16.0. The highest BCUT2D eigenvalue weighted by Crippen LogP contribution is 2.00. The van der Waals surface area contributed by atoms with E-state index in [1.807, 2.05) is 0 Å². The first-order valence-electron chi connectivity index (χ1n) is 7.16. The predicted octanol–water partition coefficient (Wildman–Crippen LogP) is 4.42. The normalized spacial score (nSPS) is 11.6. The molecule has 0 atom stereocenters. The summed E-state index contributed by atoms with van der Waals surface area (Å²) in [6.07, 6.45) is 9.68. The van der Waals surface area contributed by atoms with E-state index in [1.54, 1.807) is 26.0 Å². The summed E-state index contributed by atoms with van der Waals surface area (Å²) in [6, 6.07) is 0. The Hall–Kier alpha value is -1.58. The van der Waals surface area contributed by atoms with Crippen LogP contribution >= 0.6 is 0 Å². The van der Waals surface area contributed by atoms with Crippen LogP contribution in [0.3, 0.4) is 0 Å². The van der Waals surface area contributed by atoms with Crippen molar-refractivity contribution in [3.63, 3.8) is 0 Å². The van der Waals surface area contributed by atoms with Gasteiger partial charge in [-0.15, -0.1) is 0 Å². The van der Waals surface area contributed by atoms with Crippen molar-refractivity contribution in [3.05, 3.63) is 23.3 Å². The molecule has 0 saturated carbocycles. The molecule has 0 spiro atoms. The lowest BCUT2D eigenvalue weighted by molar-refractivity contribution is -0.133. The molecule has 0 bridgehead atoms. The van der Waals surface area contributed by atoms with E-state index in [1.165, 1.54) is 0 Å². The van der Waals surface area contributed by atoms with Gasteiger partial charge < -0.3 is 10.2 Å². The van der Waals surface area contributed by atoms with Crippen LogP contribution in [-0.2, 0) is 9.59 Å². The zero-order valence-electron chi connectivity index (χ0n) is 13.1. The van der Waals surface area contributed by atoms with Crippen LogP contribution in [0.2, 0.25) is 0 Å². The van der Waals surface area contributed by atoms with E-state index in [-0.39, 0.29) is 0 Å². The Morgan fingerprint density at radius 2 is 1.10 bits per heavy atom. The number of hydrogen-bond acceptors (Lipinski definition) is 2. The van der Waals surface area contributed by atoms with Gasteiger partial charge in [-0.25, -0.2) is 9.59 Å². The monoisotopic (exact) mass is 284 g/mol. The lowest BCUT2D eigenvalue weighted by Crippen LogP contribution is -1.95. The summed E-state index contributed by atoms with van der Waals surface area (Å²) in [5, 5.41) is 16.8. The summed E-state index contributed by atoms with van der Waals surface area (Å²) in [5.74, 6) is -1.62. The van der Waals surface area contributed by atoms with Crippen LogP contribution in [0.1, 0.15) is 66.2 Å². The van der Waals surface area contributed by atoms with E-state index in [0.29, 0.717) is 11.1 Å². The second-order valence-corrected chi connectivity index (χ2v) is 4.67. The van der Waals surface area contributed by atoms with Gasteiger partial charge in [0.25, 0.3) is 0 Å². The molecule has 2 N–H and O–H groups in total. The third kappa shape index (κ3) is 14.5. The molecule has 0 aliphatic rings. The molecule has 20 heavy (non-hydrogen) atoms. The van der Waals surface area contributed by atoms with Crippen LogP contribution in [0.5, 0.6) is 0 Å². The summed E-state index contributed by atoms with van der Waals surface area (Å²) in [7, 11) is 0. The zero-order valence-corrected chi connectivity index (χ0v) is 13.1. The number of rotatable bonds is 8. The molecule has 0 rings (SSSR count). The summed E-state index contributed by atoms with van der Waals surface area (Å²) in [5.41, 5.74) is 0.905. The largest absolute Gasteiger partial charge is 0.478 e. The van der Waals surface area contributed by atoms with E-state index in [2.05, 4.69) is 13.8 Å². The summed E-state index contributed by atoms with van der Waals surface area (Å²) in [4.78, 5) is 20.5. The van der Waals surface area contributed by atoms with Gasteiger partial charge in [-0.2, -0.15) is 0 Å². The van der Waals surface area contributed by atoms with Gasteiger partial charge in [0.1, 0.15) is 0 Å². The Kier molecular flexibility index (Phi) is 14.3. The molecule has 0 aromatic heterocycles. The van der Waals surface area contributed by atoms with Crippen molar-refractivity contribution in [2.75, 3.05) is 0 Å². The van der Waals surface area contributed by atoms with Gasteiger partial charge >= 0.3 is 11.9 Å². The molecule has 0 radical (unpaired) electrons. The molecule has 0 aliphatic carbocycles. The number of hydrogen-bond donors (Lipinski definition) is 2. The standard InChI is InChI=1S/2C8H14O2/c2*1-3-4-5-6-7(2)8(9)10/h2*6H,3-5H2,1-2H3,(H,9,10). The van der Waals surface area contributed by atoms with Crippen LogP contribution in [0, 0.1) is 0 Å². The van der Waals surface area contributed by atoms with E-state index < -0.39 is 11.9 Å². The maximum absolute atomic E-state index is 10.2. The van der Waals surface area contributed by atoms with Crippen molar-refractivity contribution >= 4 is 11.9 Å². The minimum Gasteiger partial charge on any atom is -0.478 e. The smallest absolute Gasteiger partial charge is 0.330 e. The van der Waals surface area contributed by atoms with Gasteiger partial charge in [0.05, 0.1) is 0 Å². The van der Waals surface area contributed by atoms with Gasteiger partial charge in [-0.05, 0) is 26.7 Å². The van der Waals surface area contributed by atoms with Crippen molar-refractivity contribution in [1.29, 1.82) is 0 Å². The maximum atomic E-state index is 10.2. The van der Waals surface area contributed by atoms with Crippen LogP contribution in [0.4, 0.5) is 0 Å². The van der Waals surface area contributed by atoms with Gasteiger partial charge in [0.15, 0.2) is 0 Å². The Morgan fingerprint density at radius 3 is 1.30 bits per heavy atom. The molecular formula is C16H28O4. The van der Waals surface area contributed by atoms with E-state index in [0.717, 1.165) is 38.5 Å². The van der Waals surface area contributed by atoms with Crippen molar-refractivity contribution in [3.8, 4) is 0 Å². The van der Waals surface area contributed by atoms with Crippen molar-refractivity contribution in [1.82, 2.24) is 0 Å². The fourth-order valence-electron chi connectivity index (χ4n) is 1.22. The van der Waals surface area contributed by atoms with E-state index in [9.17, 15) is 9.59 Å². The number of unbranched alkanes of at least 4 members (excludes halogenated alkanes) is 4. The Morgan fingerprint density at radius 1 is 0.800 bits per heavy atom. The van der Waals surface area contributed by atoms with Crippen molar-refractivity contribution < 1.29 is 19.8 Å². The highest BCUT2D eigenvalue weighted by molar-refractivity contribution is 5.86. The SMILES string of the molecule is CCCCC=C(C)C(=O)O.CCCCC=C(C)C(=O)O. The Bertz CT molecular complexity index is 306. The fraction of sp³-hybridized carbons (Fsp3) is 0.625. The van der Waals surface area contributed by atoms with Crippen molar-refractivity contribution in [2.24, 2.45) is 0 Å². The average molecular weight is 284 g/mol. The first-order valence-corrected chi connectivity index (χ1v) is 7.16. The molecular weight excluding hydrogens is 256 g/mol. The predicted molar refractivity (Wildman–Crippen MR) is 81.8 cm³/mol. The average Bonchev–Trinajstić information content (AvgIpc) is 2.39. The summed E-state index contributed by atoms with van der Waals surface area (Å²) < 4.78 is 0. The topological polar surface area (TPSA) is 74.6 Å². The molecule has 0 amide bonds. The molecule has 0 aromatic carbocycles. The third-order valence-corrected chi connectivity index (χ3v) is 2.69. The van der Waals surface area contributed by atoms with E-state index in [4.69, 9.17) is 10.2 Å². The third-order valence-electron chi connectivity index (χ3n) is 2.69. The number of allylic oxidation sites excluding steroid dienone is 2. The number of carbonyl (C=O) groups is 2. The second-order valence-electron chi connectivity index (χ2n) is 4.67. The van der Waals surface area contributed by atoms with E-state index >= 15 is 0 Å². The number of carboxylic acid groups (broad SMARTS) is 2. The van der Waals surface area contributed by atoms with Crippen LogP contribution in [0.15, 0.2) is 23.3 Å². The van der Waals surface area contributed by atoms with Gasteiger partial charge in [-0.3, -0.25) is 0 Å². The molecule has 116 valence electrons. The molecule has 0 aliphatic heterocycles. The van der Waals surface area contributed by atoms with Gasteiger partial charge in [0, 0.05) is 11.1 Å². The van der Waals surface area contributed by atoms with Crippen LogP contribution < -0.4 is 0 Å². The molecule has 4 nitrogen and oxygen atoms in total. The van der Waals surface area contributed by atoms with Crippen molar-refractivity contribution in [2.45, 2.75) is 66.2 Å². The minimum atomic E-state index is -0.809. The second kappa shape index (κ2) is 13.8. The van der Waals surface area contributed by atoms with Crippen LogP contribution in [0.25, 0.3) is 0 Å². The number of carboxylic acids is 2. The molecule has 0 heterocycles. The molecule has 4 heteroatoms. The highest BCUT2D eigenvalue weighted by atomic mass is 16.4. The fourth-order valence-corrected chi connectivity index (χ4v) is 1.22. The number of aliphatic carboxylic acids is 2. The molecule has 0 saturated heterocycles. The lowest BCUT2D eigenvalue weighted by atomic mass is 10.2. The lowest BCUT2D eigenvalue weighted by Gasteiger charge is -1.91. The van der Waals surface area contributed by atoms with Gasteiger partial charge in [-0.1, -0.05) is 51.7 Å². The first-order chi connectivity index (χ1) is 9.36. The quantitative estimate of drug-likeness (QED) is 0.511. The summed E-state index contributed by atoms with van der Waals surface area (Å²) in [6.45, 7) is 7.42. The molecule has 0 unspecified atom stereocenters. The maximum Gasteiger partial charge on any atom is 0.330 e. The molecule has 0 aromatic rings. The van der Waals surface area contributed by atoms with Gasteiger partial charge in [0.2, 0.25) is 0 Å². The Labute approximate surface area is 122 Å². The Balaban J connectivity index is 0. The highest BCUT2D eigenvalue weighted by Gasteiger charge is 1.97.